The Morgan fingerprint density at radius 2 is 2.18 bits per heavy atom. The Kier molecular flexibility index (Phi) is 1.60. The molecule has 2 rings (SSSR count). The molecule has 2 unspecified atom stereocenters. The van der Waals surface area contributed by atoms with E-state index in [1.165, 1.54) is 0 Å². The van der Waals surface area contributed by atoms with Gasteiger partial charge in [0.2, 0.25) is 0 Å². The molecule has 3 nitrogen and oxygen atoms in total. The van der Waals surface area contributed by atoms with Gasteiger partial charge in [0.25, 0.3) is 5.91 Å². The van der Waals surface area contributed by atoms with Crippen LogP contribution in [0.4, 0.5) is 0 Å². The summed E-state index contributed by atoms with van der Waals surface area (Å²) in [7, 11) is 0. The maximum Gasteiger partial charge on any atom is 0.258 e. The molecule has 1 saturated heterocycles. The van der Waals surface area contributed by atoms with Crippen LogP contribution in [0.3, 0.4) is 0 Å². The van der Waals surface area contributed by atoms with E-state index in [1.807, 2.05) is 0 Å². The molecule has 0 N–H and O–H groups in total. The number of hydrogen-bond acceptors (Lipinski definition) is 3. The third-order valence-electron chi connectivity index (χ3n) is 2.39. The number of fused-ring (bicyclic) bond motifs is 1. The summed E-state index contributed by atoms with van der Waals surface area (Å²) in [6.45, 7) is 1.43. The van der Waals surface area contributed by atoms with Crippen molar-refractivity contribution < 1.29 is 9.53 Å². The third-order valence-corrected chi connectivity index (χ3v) is 2.48. The van der Waals surface area contributed by atoms with Crippen LogP contribution in [0.5, 0.6) is 0 Å². The molecule has 2 fully saturated rings. The van der Waals surface area contributed by atoms with Gasteiger partial charge in [-0.3, -0.25) is 4.79 Å². The number of isothiocyanates is 1. The molecule has 11 heavy (non-hydrogen) atoms. The van der Waals surface area contributed by atoms with Crippen molar-refractivity contribution in [2.75, 3.05) is 13.2 Å². The van der Waals surface area contributed by atoms with Crippen LogP contribution in [0.2, 0.25) is 0 Å². The van der Waals surface area contributed by atoms with E-state index in [1.54, 1.807) is 0 Å². The zero-order valence-corrected chi connectivity index (χ0v) is 6.63. The highest BCUT2D eigenvalue weighted by molar-refractivity contribution is 7.78. The Bertz CT molecular complexity index is 237. The molecule has 2 atom stereocenters. The summed E-state index contributed by atoms with van der Waals surface area (Å²) in [4.78, 5) is 14.5. The molecule has 0 spiro atoms. The van der Waals surface area contributed by atoms with Gasteiger partial charge in [0.1, 0.15) is 0 Å². The molecule has 1 aliphatic carbocycles. The lowest BCUT2D eigenvalue weighted by atomic mass is 10.3. The van der Waals surface area contributed by atoms with E-state index in [0.717, 1.165) is 0 Å². The number of carbonyl (C=O) groups excluding carboxylic acids is 1. The number of rotatable bonds is 1. The molecule has 0 aromatic carbocycles. The summed E-state index contributed by atoms with van der Waals surface area (Å²) in [6, 6.07) is 0. The van der Waals surface area contributed by atoms with Crippen LogP contribution in [0.1, 0.15) is 0 Å². The van der Waals surface area contributed by atoms with Crippen LogP contribution >= 0.6 is 12.2 Å². The normalized spacial score (nSPS) is 39.1. The number of thiocarbonyl (C=S) groups is 1. The topological polar surface area (TPSA) is 38.7 Å². The Morgan fingerprint density at radius 3 is 2.73 bits per heavy atom. The highest BCUT2D eigenvalue weighted by Gasteiger charge is 2.57. The van der Waals surface area contributed by atoms with Gasteiger partial charge < -0.3 is 4.74 Å². The molecule has 0 aromatic heterocycles. The van der Waals surface area contributed by atoms with E-state index in [2.05, 4.69) is 22.4 Å². The van der Waals surface area contributed by atoms with Crippen LogP contribution in [-0.2, 0) is 9.53 Å². The van der Waals surface area contributed by atoms with E-state index in [9.17, 15) is 4.79 Å². The average Bonchev–Trinajstić information content (AvgIpc) is 2.47. The maximum absolute atomic E-state index is 11.1. The monoisotopic (exact) mass is 169 g/mol. The van der Waals surface area contributed by atoms with Crippen molar-refractivity contribution in [1.82, 2.24) is 0 Å². The zero-order valence-electron chi connectivity index (χ0n) is 5.82. The molecular weight excluding hydrogens is 162 g/mol. The first-order chi connectivity index (χ1) is 5.34. The fraction of sp³-hybridized carbons (Fsp3) is 0.714. The van der Waals surface area contributed by atoms with Gasteiger partial charge in [-0.1, -0.05) is 0 Å². The second-order valence-electron chi connectivity index (χ2n) is 2.93. The first kappa shape index (κ1) is 7.10. The van der Waals surface area contributed by atoms with Crippen LogP contribution in [0.15, 0.2) is 4.99 Å². The lowest BCUT2D eigenvalue weighted by Crippen LogP contribution is -2.06. The van der Waals surface area contributed by atoms with Crippen molar-refractivity contribution >= 4 is 23.3 Å². The molecule has 2 aliphatic rings. The van der Waals surface area contributed by atoms with E-state index >= 15 is 0 Å². The average molecular weight is 169 g/mol. The van der Waals surface area contributed by atoms with E-state index in [-0.39, 0.29) is 11.8 Å². The fourth-order valence-corrected chi connectivity index (χ4v) is 1.82. The lowest BCUT2D eigenvalue weighted by Gasteiger charge is -1.96. The van der Waals surface area contributed by atoms with Crippen LogP contribution < -0.4 is 0 Å². The van der Waals surface area contributed by atoms with Gasteiger partial charge in [-0.25, -0.2) is 0 Å². The van der Waals surface area contributed by atoms with Gasteiger partial charge in [0.05, 0.1) is 24.3 Å². The number of amides is 1. The van der Waals surface area contributed by atoms with Gasteiger partial charge in [0, 0.05) is 11.8 Å². The van der Waals surface area contributed by atoms with Crippen molar-refractivity contribution in [2.24, 2.45) is 22.7 Å². The fourth-order valence-electron chi connectivity index (χ4n) is 1.73. The largest absolute Gasteiger partial charge is 0.381 e. The SMILES string of the molecule is O=C(N=C=S)C1C2COCC21. The summed E-state index contributed by atoms with van der Waals surface area (Å²) in [6.07, 6.45) is 0. The predicted molar refractivity (Wildman–Crippen MR) is 41.3 cm³/mol. The zero-order chi connectivity index (χ0) is 7.84. The second-order valence-corrected chi connectivity index (χ2v) is 3.11. The summed E-state index contributed by atoms with van der Waals surface area (Å²) >= 11 is 4.34. The predicted octanol–water partition coefficient (Wildman–Crippen LogP) is 0.508. The minimum atomic E-state index is -0.113. The Hall–Kier alpha value is -0.570. The molecule has 0 radical (unpaired) electrons. The summed E-state index contributed by atoms with van der Waals surface area (Å²) < 4.78 is 5.12. The highest BCUT2D eigenvalue weighted by Crippen LogP contribution is 2.51. The summed E-state index contributed by atoms with van der Waals surface area (Å²) in [5.41, 5.74) is 0. The Labute approximate surface area is 69.4 Å². The summed E-state index contributed by atoms with van der Waals surface area (Å²) in [5, 5.41) is 2.10. The van der Waals surface area contributed by atoms with Crippen LogP contribution in [0, 0.1) is 17.8 Å². The van der Waals surface area contributed by atoms with Crippen molar-refractivity contribution in [2.45, 2.75) is 0 Å². The van der Waals surface area contributed by atoms with E-state index in [4.69, 9.17) is 4.74 Å². The smallest absolute Gasteiger partial charge is 0.258 e. The van der Waals surface area contributed by atoms with Crippen molar-refractivity contribution in [3.05, 3.63) is 0 Å². The lowest BCUT2D eigenvalue weighted by molar-refractivity contribution is -0.120. The molecule has 1 saturated carbocycles. The van der Waals surface area contributed by atoms with Gasteiger partial charge in [-0.2, -0.15) is 4.99 Å². The molecule has 58 valence electrons. The Morgan fingerprint density at radius 1 is 1.55 bits per heavy atom. The number of aliphatic imine (C=N–C) groups is 1. The molecule has 4 heteroatoms. The Balaban J connectivity index is 2.00. The first-order valence-corrected chi connectivity index (χ1v) is 3.95. The molecular formula is C7H7NO2S. The van der Waals surface area contributed by atoms with E-state index < -0.39 is 0 Å². The highest BCUT2D eigenvalue weighted by atomic mass is 32.1. The van der Waals surface area contributed by atoms with Gasteiger partial charge in [-0.15, -0.1) is 0 Å². The molecule has 0 aromatic rings. The number of hydrogen-bond donors (Lipinski definition) is 0. The maximum atomic E-state index is 11.1. The van der Waals surface area contributed by atoms with Crippen molar-refractivity contribution in [3.63, 3.8) is 0 Å². The van der Waals surface area contributed by atoms with Crippen molar-refractivity contribution in [3.8, 4) is 0 Å². The standard InChI is InChI=1S/C7H7NO2S/c9-7(8-3-11)6-4-1-10-2-5(4)6/h4-6H,1-2H2. The van der Waals surface area contributed by atoms with Gasteiger partial charge in [0.15, 0.2) is 0 Å². The van der Waals surface area contributed by atoms with Gasteiger partial charge in [-0.05, 0) is 12.2 Å². The van der Waals surface area contributed by atoms with E-state index in [0.29, 0.717) is 25.0 Å². The minimum absolute atomic E-state index is 0.0965. The molecule has 1 amide bonds. The number of carbonyl (C=O) groups is 1. The number of nitrogens with zero attached hydrogens (tertiary/aromatic N) is 1. The number of ether oxygens (including phenoxy) is 1. The third kappa shape index (κ3) is 1.03. The molecule has 1 heterocycles. The summed E-state index contributed by atoms with van der Waals surface area (Å²) in [5.74, 6) is 0.835. The second kappa shape index (κ2) is 2.48. The minimum Gasteiger partial charge on any atom is -0.381 e. The quantitative estimate of drug-likeness (QED) is 0.424. The molecule has 0 bridgehead atoms. The molecule has 1 aliphatic heterocycles. The first-order valence-electron chi connectivity index (χ1n) is 3.54. The van der Waals surface area contributed by atoms with Crippen LogP contribution in [-0.4, -0.2) is 24.3 Å². The van der Waals surface area contributed by atoms with Gasteiger partial charge >= 0.3 is 0 Å². The van der Waals surface area contributed by atoms with Crippen LogP contribution in [0.25, 0.3) is 0 Å². The van der Waals surface area contributed by atoms with Crippen molar-refractivity contribution in [1.29, 1.82) is 0 Å².